The molecule has 0 aliphatic carbocycles. The van der Waals surface area contributed by atoms with Crippen LogP contribution in [0.4, 0.5) is 15.3 Å². The number of rotatable bonds is 7. The van der Waals surface area contributed by atoms with E-state index in [9.17, 15) is 9.59 Å². The molecule has 2 aromatic rings. The third kappa shape index (κ3) is 5.05. The third-order valence-corrected chi connectivity index (χ3v) is 6.16. The first-order valence-corrected chi connectivity index (χ1v) is 11.5. The molecule has 184 valence electrons. The van der Waals surface area contributed by atoms with Crippen molar-refractivity contribution < 1.29 is 28.5 Å². The first-order chi connectivity index (χ1) is 16.4. The van der Waals surface area contributed by atoms with E-state index >= 15 is 0 Å². The molecule has 1 aliphatic heterocycles. The van der Waals surface area contributed by atoms with E-state index in [-0.39, 0.29) is 24.6 Å². The van der Waals surface area contributed by atoms with Gasteiger partial charge in [0.1, 0.15) is 0 Å². The molecule has 0 radical (unpaired) electrons. The molecule has 0 N–H and O–H groups in total. The van der Waals surface area contributed by atoms with Crippen LogP contribution in [0.2, 0.25) is 0 Å². The average Bonchev–Trinajstić information content (AvgIpc) is 2.85. The van der Waals surface area contributed by atoms with Crippen LogP contribution in [-0.4, -0.2) is 51.1 Å². The molecule has 1 heterocycles. The van der Waals surface area contributed by atoms with Crippen LogP contribution in [-0.2, 0) is 16.0 Å². The molecule has 8 nitrogen and oxygen atoms in total. The Labute approximate surface area is 201 Å². The maximum atomic E-state index is 13.1. The zero-order valence-corrected chi connectivity index (χ0v) is 20.7. The molecule has 34 heavy (non-hydrogen) atoms. The van der Waals surface area contributed by atoms with Crippen molar-refractivity contribution in [2.75, 3.05) is 32.8 Å². The summed E-state index contributed by atoms with van der Waals surface area (Å²) in [6.07, 6.45) is -0.358. The normalized spacial score (nSPS) is 17.1. The topological polar surface area (TPSA) is 77.5 Å². The smallest absolute Gasteiger partial charge is 0.414 e. The molecule has 0 aromatic heterocycles. The lowest BCUT2D eigenvalue weighted by Crippen LogP contribution is -2.51. The van der Waals surface area contributed by atoms with Gasteiger partial charge in [-0.1, -0.05) is 44.2 Å². The summed E-state index contributed by atoms with van der Waals surface area (Å²) in [5.41, 5.74) is 2.38. The molecule has 8 heteroatoms. The van der Waals surface area contributed by atoms with Crippen LogP contribution in [0.25, 0.3) is 0 Å². The van der Waals surface area contributed by atoms with Crippen LogP contribution in [0, 0.1) is 5.92 Å². The summed E-state index contributed by atoms with van der Waals surface area (Å²) < 4.78 is 21.7. The number of hydrogen-bond acceptors (Lipinski definition) is 6. The fraction of sp³-hybridized carbons (Fsp3) is 0.462. The largest absolute Gasteiger partial charge is 0.493 e. The van der Waals surface area contributed by atoms with Crippen LogP contribution in [0.15, 0.2) is 42.5 Å². The van der Waals surface area contributed by atoms with Crippen LogP contribution in [0.3, 0.4) is 0 Å². The molecular formula is C26H34N2O6. The molecule has 1 aliphatic rings. The Morgan fingerprint density at radius 2 is 1.71 bits per heavy atom. The Bertz CT molecular complexity index is 994. The minimum atomic E-state index is -0.443. The van der Waals surface area contributed by atoms with Gasteiger partial charge in [0.05, 0.1) is 39.7 Å². The maximum Gasteiger partial charge on any atom is 0.414 e. The minimum absolute atomic E-state index is 0.101. The summed E-state index contributed by atoms with van der Waals surface area (Å²) >= 11 is 0. The van der Waals surface area contributed by atoms with E-state index in [0.29, 0.717) is 30.2 Å². The number of nitrogens with zero attached hydrogens (tertiary/aromatic N) is 2. The lowest BCUT2D eigenvalue weighted by molar-refractivity contribution is 0.0911. The zero-order chi connectivity index (χ0) is 24.8. The van der Waals surface area contributed by atoms with Crippen molar-refractivity contribution >= 4 is 17.9 Å². The number of carbonyl (C=O) groups excluding carboxylic acids is 2. The predicted octanol–water partition coefficient (Wildman–Crippen LogP) is 5.40. The molecule has 3 rings (SSSR count). The molecule has 0 saturated carbocycles. The summed E-state index contributed by atoms with van der Waals surface area (Å²) in [4.78, 5) is 29.5. The lowest BCUT2D eigenvalue weighted by atomic mass is 9.85. The van der Waals surface area contributed by atoms with Crippen molar-refractivity contribution in [1.29, 1.82) is 0 Å². The van der Waals surface area contributed by atoms with E-state index in [1.54, 1.807) is 37.0 Å². The molecule has 0 spiro atoms. The number of carbonyl (C=O) groups is 2. The van der Waals surface area contributed by atoms with E-state index in [0.717, 1.165) is 11.1 Å². The van der Waals surface area contributed by atoms with Crippen LogP contribution >= 0.6 is 0 Å². The molecular weight excluding hydrogens is 436 g/mol. The number of ether oxygens (including phenoxy) is 4. The molecule has 0 unspecified atom stereocenters. The number of benzene rings is 2. The van der Waals surface area contributed by atoms with Crippen LogP contribution in [0.5, 0.6) is 11.5 Å². The highest BCUT2D eigenvalue weighted by Gasteiger charge is 2.43. The van der Waals surface area contributed by atoms with Crippen molar-refractivity contribution in [2.24, 2.45) is 5.92 Å². The number of amides is 2. The van der Waals surface area contributed by atoms with E-state index in [4.69, 9.17) is 18.9 Å². The SMILES string of the molecule is CCOC(=O)N1c2cc(OC)c(OC)cc2[C@@H](N(Cc2ccccc2)C(=O)OC)C[C@H]1C(C)C. The number of fused-ring (bicyclic) bond motifs is 1. The Hall–Kier alpha value is -3.42. The Morgan fingerprint density at radius 1 is 1.06 bits per heavy atom. The molecule has 0 fully saturated rings. The second-order valence-corrected chi connectivity index (χ2v) is 8.48. The highest BCUT2D eigenvalue weighted by molar-refractivity contribution is 5.91. The fourth-order valence-electron chi connectivity index (χ4n) is 4.49. The fourth-order valence-corrected chi connectivity index (χ4v) is 4.49. The maximum absolute atomic E-state index is 13.1. The van der Waals surface area contributed by atoms with Crippen LogP contribution < -0.4 is 14.4 Å². The van der Waals surface area contributed by atoms with Gasteiger partial charge in [-0.05, 0) is 30.9 Å². The van der Waals surface area contributed by atoms with E-state index in [2.05, 4.69) is 13.8 Å². The monoisotopic (exact) mass is 470 g/mol. The van der Waals surface area contributed by atoms with Crippen molar-refractivity contribution in [3.8, 4) is 11.5 Å². The highest BCUT2D eigenvalue weighted by Crippen LogP contribution is 2.47. The van der Waals surface area contributed by atoms with Crippen LogP contribution in [0.1, 0.15) is 44.4 Å². The number of methoxy groups -OCH3 is 3. The van der Waals surface area contributed by atoms with Gasteiger partial charge in [0.25, 0.3) is 0 Å². The molecule has 2 aromatic carbocycles. The van der Waals surface area contributed by atoms with Crippen molar-refractivity contribution in [2.45, 2.75) is 45.8 Å². The van der Waals surface area contributed by atoms with Crippen molar-refractivity contribution in [1.82, 2.24) is 4.90 Å². The van der Waals surface area contributed by atoms with E-state index < -0.39 is 12.2 Å². The third-order valence-electron chi connectivity index (χ3n) is 6.16. The Morgan fingerprint density at radius 3 is 2.26 bits per heavy atom. The second kappa shape index (κ2) is 11.1. The zero-order valence-electron chi connectivity index (χ0n) is 20.7. The molecule has 2 amide bonds. The number of hydrogen-bond donors (Lipinski definition) is 0. The summed E-state index contributed by atoms with van der Waals surface area (Å²) in [6.45, 7) is 6.51. The van der Waals surface area contributed by atoms with Gasteiger partial charge in [0.15, 0.2) is 11.5 Å². The van der Waals surface area contributed by atoms with E-state index in [1.165, 1.54) is 7.11 Å². The first-order valence-electron chi connectivity index (χ1n) is 11.5. The predicted molar refractivity (Wildman–Crippen MR) is 129 cm³/mol. The van der Waals surface area contributed by atoms with Gasteiger partial charge in [-0.2, -0.15) is 0 Å². The van der Waals surface area contributed by atoms with Crippen molar-refractivity contribution in [3.05, 3.63) is 53.6 Å². The molecule has 2 atom stereocenters. The highest BCUT2D eigenvalue weighted by atomic mass is 16.6. The minimum Gasteiger partial charge on any atom is -0.493 e. The van der Waals surface area contributed by atoms with Gasteiger partial charge in [-0.15, -0.1) is 0 Å². The first kappa shape index (κ1) is 25.2. The summed E-state index contributed by atoms with van der Waals surface area (Å²) in [7, 11) is 4.49. The van der Waals surface area contributed by atoms with Gasteiger partial charge in [-0.25, -0.2) is 9.59 Å². The summed E-state index contributed by atoms with van der Waals surface area (Å²) in [5, 5.41) is 0. The molecule has 0 bridgehead atoms. The molecule has 0 saturated heterocycles. The Balaban J connectivity index is 2.20. The van der Waals surface area contributed by atoms with Gasteiger partial charge in [-0.3, -0.25) is 9.80 Å². The van der Waals surface area contributed by atoms with Crippen molar-refractivity contribution in [3.63, 3.8) is 0 Å². The van der Waals surface area contributed by atoms with Gasteiger partial charge >= 0.3 is 12.2 Å². The Kier molecular flexibility index (Phi) is 8.26. The van der Waals surface area contributed by atoms with E-state index in [1.807, 2.05) is 36.4 Å². The van der Waals surface area contributed by atoms with Gasteiger partial charge in [0.2, 0.25) is 0 Å². The average molecular weight is 471 g/mol. The van der Waals surface area contributed by atoms with Gasteiger partial charge < -0.3 is 18.9 Å². The van der Waals surface area contributed by atoms with Gasteiger partial charge in [0, 0.05) is 24.2 Å². The quantitative estimate of drug-likeness (QED) is 0.539. The summed E-state index contributed by atoms with van der Waals surface area (Å²) in [5.74, 6) is 1.11. The number of anilines is 1. The lowest BCUT2D eigenvalue weighted by Gasteiger charge is -2.45. The standard InChI is InChI=1S/C26H34N2O6/c1-7-34-26(30)28-20(17(2)3)14-21(19-13-23(31-4)24(32-5)15-22(19)28)27(25(29)33-6)16-18-11-9-8-10-12-18/h8-13,15,17,20-21H,7,14,16H2,1-6H3/t20-,21-/m0/s1. The summed E-state index contributed by atoms with van der Waals surface area (Å²) in [6, 6.07) is 12.8. The second-order valence-electron chi connectivity index (χ2n) is 8.48.